The van der Waals surface area contributed by atoms with Gasteiger partial charge in [-0.3, -0.25) is 0 Å². The maximum Gasteiger partial charge on any atom is 0.573 e. The van der Waals surface area contributed by atoms with Crippen LogP contribution in [0.1, 0.15) is 0 Å². The van der Waals surface area contributed by atoms with E-state index in [1.807, 2.05) is 0 Å². The molecule has 100 valence electrons. The number of hydrogen-bond acceptors (Lipinski definition) is 4. The highest BCUT2D eigenvalue weighted by atomic mass is 19.4. The van der Waals surface area contributed by atoms with Gasteiger partial charge in [-0.25, -0.2) is 4.79 Å². The molecule has 0 aliphatic heterocycles. The van der Waals surface area contributed by atoms with Gasteiger partial charge in [0.25, 0.3) is 0 Å². The first-order chi connectivity index (χ1) is 8.24. The van der Waals surface area contributed by atoms with Gasteiger partial charge in [-0.2, -0.15) is 0 Å². The van der Waals surface area contributed by atoms with Crippen molar-refractivity contribution in [2.24, 2.45) is 5.92 Å². The number of nitrogens with one attached hydrogen (secondary N) is 1. The highest BCUT2D eigenvalue weighted by Crippen LogP contribution is 2.28. The minimum atomic E-state index is -4.93. The van der Waals surface area contributed by atoms with E-state index >= 15 is 0 Å². The van der Waals surface area contributed by atoms with E-state index in [-0.39, 0.29) is 17.9 Å². The van der Waals surface area contributed by atoms with E-state index in [0.717, 1.165) is 12.2 Å². The summed E-state index contributed by atoms with van der Waals surface area (Å²) in [5.41, 5.74) is -0.681. The maximum atomic E-state index is 12.0. The van der Waals surface area contributed by atoms with Crippen LogP contribution < -0.4 is 0 Å². The minimum Gasteiger partial charge on any atom is -0.478 e. The van der Waals surface area contributed by atoms with Gasteiger partial charge >= 0.3 is 12.3 Å². The number of hydrogen-bond donors (Lipinski definition) is 2. The van der Waals surface area contributed by atoms with Gasteiger partial charge in [0.2, 0.25) is 0 Å². The monoisotopic (exact) mass is 265 g/mol. The van der Waals surface area contributed by atoms with Crippen molar-refractivity contribution in [2.75, 3.05) is 13.7 Å². The summed E-state index contributed by atoms with van der Waals surface area (Å²) in [5.74, 6) is -3.05. The summed E-state index contributed by atoms with van der Waals surface area (Å²) in [6.45, 7) is -0.104. The van der Waals surface area contributed by atoms with Crippen LogP contribution in [0.5, 0.6) is 0 Å². The molecular formula is C10H10F3NO4. The van der Waals surface area contributed by atoms with Gasteiger partial charge in [0.05, 0.1) is 18.1 Å². The molecule has 1 unspecified atom stereocenters. The van der Waals surface area contributed by atoms with Crippen molar-refractivity contribution in [3.8, 4) is 0 Å². The number of carbonyl (C=O) groups is 1. The van der Waals surface area contributed by atoms with E-state index in [0.29, 0.717) is 0 Å². The van der Waals surface area contributed by atoms with E-state index in [1.165, 1.54) is 7.11 Å². The first-order valence-corrected chi connectivity index (χ1v) is 4.74. The Labute approximate surface area is 100 Å². The zero-order chi connectivity index (χ0) is 13.9. The Morgan fingerprint density at radius 1 is 1.50 bits per heavy atom. The van der Waals surface area contributed by atoms with Gasteiger partial charge < -0.3 is 20.0 Å². The molecule has 0 spiro atoms. The maximum absolute atomic E-state index is 12.0. The van der Waals surface area contributed by atoms with Gasteiger partial charge in [-0.05, 0) is 6.08 Å². The summed E-state index contributed by atoms with van der Waals surface area (Å²) >= 11 is 0. The average molecular weight is 265 g/mol. The van der Waals surface area contributed by atoms with Crippen LogP contribution in [0.4, 0.5) is 13.2 Å². The molecule has 1 atom stereocenters. The van der Waals surface area contributed by atoms with Gasteiger partial charge in [0.15, 0.2) is 0 Å². The molecule has 0 fully saturated rings. The van der Waals surface area contributed by atoms with Crippen molar-refractivity contribution in [3.63, 3.8) is 0 Å². The quantitative estimate of drug-likeness (QED) is 0.811. The number of aliphatic carboxylic acids is 1. The highest BCUT2D eigenvalue weighted by molar-refractivity contribution is 6.05. The van der Waals surface area contributed by atoms with Gasteiger partial charge in [0, 0.05) is 18.9 Å². The lowest BCUT2D eigenvalue weighted by molar-refractivity contribution is -0.303. The zero-order valence-corrected chi connectivity index (χ0v) is 9.25. The number of ether oxygens (including phenoxy) is 2. The molecule has 0 amide bonds. The number of allylic oxidation sites excluding steroid dienone is 2. The Morgan fingerprint density at radius 2 is 2.11 bits per heavy atom. The molecule has 8 heteroatoms. The summed E-state index contributed by atoms with van der Waals surface area (Å²) in [6.07, 6.45) is -3.36. The third kappa shape index (κ3) is 3.59. The SMILES string of the molecule is COCC1C(=N)C=C(OC(F)(F)F)C=C1C(=O)O. The molecule has 0 saturated carbocycles. The highest BCUT2D eigenvalue weighted by Gasteiger charge is 2.35. The van der Waals surface area contributed by atoms with Crippen molar-refractivity contribution in [1.82, 2.24) is 0 Å². The fraction of sp³-hybridized carbons (Fsp3) is 0.400. The molecule has 5 nitrogen and oxygen atoms in total. The third-order valence-electron chi connectivity index (χ3n) is 2.16. The molecule has 1 rings (SSSR count). The third-order valence-corrected chi connectivity index (χ3v) is 2.16. The lowest BCUT2D eigenvalue weighted by Gasteiger charge is -2.22. The lowest BCUT2D eigenvalue weighted by atomic mass is 9.89. The fourth-order valence-corrected chi connectivity index (χ4v) is 1.47. The molecular weight excluding hydrogens is 255 g/mol. The summed E-state index contributed by atoms with van der Waals surface area (Å²) in [4.78, 5) is 10.9. The first-order valence-electron chi connectivity index (χ1n) is 4.74. The zero-order valence-electron chi connectivity index (χ0n) is 9.25. The van der Waals surface area contributed by atoms with Crippen molar-refractivity contribution in [2.45, 2.75) is 6.36 Å². The Hall–Kier alpha value is -1.83. The van der Waals surface area contributed by atoms with Crippen molar-refractivity contribution in [3.05, 3.63) is 23.5 Å². The second-order valence-electron chi connectivity index (χ2n) is 3.46. The predicted octanol–water partition coefficient (Wildman–Crippen LogP) is 1.71. The standard InChI is InChI=1S/C10H10F3NO4/c1-17-4-7-6(9(15)16)2-5(3-8(7)14)18-10(11,12)13/h2-3,7,14H,4H2,1H3,(H,15,16). The smallest absolute Gasteiger partial charge is 0.478 e. The molecule has 0 aromatic carbocycles. The van der Waals surface area contributed by atoms with Crippen LogP contribution >= 0.6 is 0 Å². The van der Waals surface area contributed by atoms with Gasteiger partial charge in [-0.15, -0.1) is 13.2 Å². The Morgan fingerprint density at radius 3 is 2.56 bits per heavy atom. The second-order valence-corrected chi connectivity index (χ2v) is 3.46. The topological polar surface area (TPSA) is 79.6 Å². The summed E-state index contributed by atoms with van der Waals surface area (Å²) in [5, 5.41) is 16.4. The first kappa shape index (κ1) is 14.2. The lowest BCUT2D eigenvalue weighted by Crippen LogP contribution is -2.28. The Balaban J connectivity index is 3.02. The number of methoxy groups -OCH3 is 1. The molecule has 18 heavy (non-hydrogen) atoms. The summed E-state index contributed by atoms with van der Waals surface area (Å²) in [6, 6.07) is 0. The molecule has 1 aliphatic rings. The number of alkyl halides is 3. The number of carboxylic acid groups (broad SMARTS) is 1. The van der Waals surface area contributed by atoms with Crippen LogP contribution in [0.15, 0.2) is 23.5 Å². The fourth-order valence-electron chi connectivity index (χ4n) is 1.47. The molecule has 1 aliphatic carbocycles. The van der Waals surface area contributed by atoms with Crippen LogP contribution in [-0.2, 0) is 14.3 Å². The van der Waals surface area contributed by atoms with Crippen LogP contribution in [0.3, 0.4) is 0 Å². The van der Waals surface area contributed by atoms with Crippen molar-refractivity contribution >= 4 is 11.7 Å². The molecule has 0 saturated heterocycles. The summed E-state index contributed by atoms with van der Waals surface area (Å²) < 4.78 is 44.3. The normalized spacial score (nSPS) is 20.2. The molecule has 0 bridgehead atoms. The predicted molar refractivity (Wildman–Crippen MR) is 54.0 cm³/mol. The van der Waals surface area contributed by atoms with Crippen LogP contribution in [0.2, 0.25) is 0 Å². The van der Waals surface area contributed by atoms with Gasteiger partial charge in [-0.1, -0.05) is 0 Å². The molecule has 0 aromatic heterocycles. The van der Waals surface area contributed by atoms with Crippen LogP contribution in [0, 0.1) is 11.3 Å². The van der Waals surface area contributed by atoms with E-state index in [1.54, 1.807) is 0 Å². The minimum absolute atomic E-state index is 0.104. The molecule has 0 radical (unpaired) electrons. The molecule has 2 N–H and O–H groups in total. The van der Waals surface area contributed by atoms with Crippen LogP contribution in [0.25, 0.3) is 0 Å². The average Bonchev–Trinajstić information content (AvgIpc) is 2.19. The van der Waals surface area contributed by atoms with E-state index < -0.39 is 24.0 Å². The number of halogens is 3. The Kier molecular flexibility index (Phi) is 4.12. The van der Waals surface area contributed by atoms with Crippen molar-refractivity contribution in [1.29, 1.82) is 5.41 Å². The van der Waals surface area contributed by atoms with Crippen LogP contribution in [-0.4, -0.2) is 36.9 Å². The van der Waals surface area contributed by atoms with Crippen molar-refractivity contribution < 1.29 is 32.5 Å². The van der Waals surface area contributed by atoms with Gasteiger partial charge in [0.1, 0.15) is 5.76 Å². The van der Waals surface area contributed by atoms with E-state index in [2.05, 4.69) is 4.74 Å². The van der Waals surface area contributed by atoms with E-state index in [9.17, 15) is 18.0 Å². The van der Waals surface area contributed by atoms with E-state index in [4.69, 9.17) is 15.3 Å². The number of rotatable bonds is 4. The number of carboxylic acids is 1. The molecule has 0 heterocycles. The second kappa shape index (κ2) is 5.21. The summed E-state index contributed by atoms with van der Waals surface area (Å²) in [7, 11) is 1.30. The Bertz CT molecular complexity index is 425. The molecule has 0 aromatic rings. The largest absolute Gasteiger partial charge is 0.573 e.